The first-order valence-electron chi connectivity index (χ1n) is 8.37. The highest BCUT2D eigenvalue weighted by atomic mass is 32.2. The lowest BCUT2D eigenvalue weighted by Crippen LogP contribution is -2.24. The molecule has 0 aliphatic carbocycles. The van der Waals surface area contributed by atoms with E-state index in [1.807, 2.05) is 24.3 Å². The maximum absolute atomic E-state index is 12.2. The summed E-state index contributed by atoms with van der Waals surface area (Å²) in [6.45, 7) is 1.45. The molecule has 7 nitrogen and oxygen atoms in total. The van der Waals surface area contributed by atoms with Crippen molar-refractivity contribution in [2.45, 2.75) is 19.4 Å². The summed E-state index contributed by atoms with van der Waals surface area (Å²) in [4.78, 5) is 12.2. The molecule has 3 rings (SSSR count). The Morgan fingerprint density at radius 1 is 1.19 bits per heavy atom. The number of benzene rings is 2. The first kappa shape index (κ1) is 18.9. The molecule has 1 amide bonds. The molecular formula is C19H21N3O4S. The number of ether oxygens (including phenoxy) is 1. The van der Waals surface area contributed by atoms with Crippen LogP contribution in [-0.2, 0) is 14.8 Å². The van der Waals surface area contributed by atoms with Gasteiger partial charge in [-0.3, -0.25) is 9.52 Å². The largest absolute Gasteiger partial charge is 0.496 e. The molecule has 27 heavy (non-hydrogen) atoms. The third kappa shape index (κ3) is 4.11. The van der Waals surface area contributed by atoms with Crippen molar-refractivity contribution in [3.63, 3.8) is 0 Å². The predicted octanol–water partition coefficient (Wildman–Crippen LogP) is 2.76. The van der Waals surface area contributed by atoms with Crippen LogP contribution < -0.4 is 9.46 Å². The molecular weight excluding hydrogens is 366 g/mol. The molecule has 0 saturated carbocycles. The molecule has 1 aliphatic rings. The quantitative estimate of drug-likeness (QED) is 0.854. The average Bonchev–Trinajstić information content (AvgIpc) is 3.06. The van der Waals surface area contributed by atoms with Crippen LogP contribution in [0.2, 0.25) is 0 Å². The summed E-state index contributed by atoms with van der Waals surface area (Å²) in [6, 6.07) is 14.2. The Bertz CT molecular complexity index is 1000. The number of nitrogens with zero attached hydrogens (tertiary/aromatic N) is 2. The maximum Gasteiger partial charge on any atom is 0.240 e. The lowest BCUT2D eigenvalue weighted by atomic mass is 9.97. The Morgan fingerprint density at radius 2 is 1.85 bits per heavy atom. The zero-order valence-electron chi connectivity index (χ0n) is 15.3. The lowest BCUT2D eigenvalue weighted by molar-refractivity contribution is -0.130. The monoisotopic (exact) mass is 387 g/mol. The first-order valence-corrected chi connectivity index (χ1v) is 10.3. The summed E-state index contributed by atoms with van der Waals surface area (Å²) >= 11 is 0. The van der Waals surface area contributed by atoms with Crippen LogP contribution in [0.4, 0.5) is 5.69 Å². The normalized spacial score (nSPS) is 16.8. The van der Waals surface area contributed by atoms with E-state index in [1.54, 1.807) is 31.4 Å². The first-order chi connectivity index (χ1) is 12.8. The van der Waals surface area contributed by atoms with E-state index >= 15 is 0 Å². The van der Waals surface area contributed by atoms with Gasteiger partial charge in [0.2, 0.25) is 15.9 Å². The van der Waals surface area contributed by atoms with Gasteiger partial charge in [0.25, 0.3) is 0 Å². The van der Waals surface area contributed by atoms with Crippen molar-refractivity contribution in [3.8, 4) is 5.75 Å². The summed E-state index contributed by atoms with van der Waals surface area (Å²) in [5.41, 5.74) is 2.56. The van der Waals surface area contributed by atoms with E-state index in [0.717, 1.165) is 11.8 Å². The summed E-state index contributed by atoms with van der Waals surface area (Å²) < 4.78 is 31.3. The van der Waals surface area contributed by atoms with Crippen LogP contribution in [0.3, 0.4) is 0 Å². The lowest BCUT2D eigenvalue weighted by Gasteiger charge is -2.22. The van der Waals surface area contributed by atoms with Gasteiger partial charge in [-0.2, -0.15) is 5.10 Å². The van der Waals surface area contributed by atoms with E-state index in [1.165, 1.54) is 11.9 Å². The van der Waals surface area contributed by atoms with Crippen LogP contribution in [0.1, 0.15) is 30.5 Å². The molecule has 0 fully saturated rings. The molecule has 1 N–H and O–H groups in total. The Hall–Kier alpha value is -2.87. The second-order valence-corrected chi connectivity index (χ2v) is 8.04. The Kier molecular flexibility index (Phi) is 5.18. The van der Waals surface area contributed by atoms with E-state index in [9.17, 15) is 13.2 Å². The fourth-order valence-electron chi connectivity index (χ4n) is 3.17. The number of hydrazone groups is 1. The van der Waals surface area contributed by atoms with Crippen LogP contribution in [0, 0.1) is 0 Å². The Morgan fingerprint density at radius 3 is 2.52 bits per heavy atom. The van der Waals surface area contributed by atoms with Gasteiger partial charge < -0.3 is 4.74 Å². The van der Waals surface area contributed by atoms with E-state index in [4.69, 9.17) is 4.74 Å². The molecule has 8 heteroatoms. The number of para-hydroxylation sites is 2. The Balaban J connectivity index is 2.02. The van der Waals surface area contributed by atoms with E-state index in [2.05, 4.69) is 9.82 Å². The zero-order chi connectivity index (χ0) is 19.6. The van der Waals surface area contributed by atoms with Gasteiger partial charge in [-0.05, 0) is 12.1 Å². The number of hydrogen-bond acceptors (Lipinski definition) is 5. The number of methoxy groups -OCH3 is 1. The van der Waals surface area contributed by atoms with Crippen LogP contribution in [0.15, 0.2) is 53.6 Å². The molecule has 0 bridgehead atoms. The van der Waals surface area contributed by atoms with Crippen LogP contribution in [0.5, 0.6) is 5.75 Å². The SMILES string of the molecule is COc1ccccc1C1CC(c2ccccc2NS(C)(=O)=O)=NN1C(C)=O. The third-order valence-electron chi connectivity index (χ3n) is 4.26. The molecule has 2 aromatic carbocycles. The highest BCUT2D eigenvalue weighted by Gasteiger charge is 2.33. The second kappa shape index (κ2) is 7.40. The molecule has 0 radical (unpaired) electrons. The van der Waals surface area contributed by atoms with Gasteiger partial charge in [-0.25, -0.2) is 13.4 Å². The van der Waals surface area contributed by atoms with E-state index < -0.39 is 10.0 Å². The standard InChI is InChI=1S/C19H21N3O4S/c1-13(23)22-18(15-9-5-7-11-19(15)26-2)12-17(20-22)14-8-4-6-10-16(14)21-27(3,24)25/h4-11,18,21H,12H2,1-3H3. The Labute approximate surface area is 158 Å². The smallest absolute Gasteiger partial charge is 0.240 e. The molecule has 0 spiro atoms. The topological polar surface area (TPSA) is 88.1 Å². The van der Waals surface area contributed by atoms with E-state index in [-0.39, 0.29) is 11.9 Å². The molecule has 0 saturated heterocycles. The second-order valence-electron chi connectivity index (χ2n) is 6.29. The minimum atomic E-state index is -3.44. The van der Waals surface area contributed by atoms with Gasteiger partial charge >= 0.3 is 0 Å². The van der Waals surface area contributed by atoms with Crippen LogP contribution >= 0.6 is 0 Å². The number of sulfonamides is 1. The molecule has 1 aliphatic heterocycles. The number of hydrogen-bond donors (Lipinski definition) is 1. The molecule has 1 unspecified atom stereocenters. The van der Waals surface area contributed by atoms with Crippen molar-refractivity contribution < 1.29 is 17.9 Å². The zero-order valence-corrected chi connectivity index (χ0v) is 16.2. The fourth-order valence-corrected chi connectivity index (χ4v) is 3.75. The van der Waals surface area contributed by atoms with Crippen molar-refractivity contribution in [2.75, 3.05) is 18.1 Å². The third-order valence-corrected chi connectivity index (χ3v) is 4.85. The van der Waals surface area contributed by atoms with Crippen LogP contribution in [0.25, 0.3) is 0 Å². The van der Waals surface area contributed by atoms with Gasteiger partial charge in [-0.15, -0.1) is 0 Å². The van der Waals surface area contributed by atoms with Crippen molar-refractivity contribution in [2.24, 2.45) is 5.10 Å². The van der Waals surface area contributed by atoms with Crippen molar-refractivity contribution >= 4 is 27.3 Å². The minimum absolute atomic E-state index is 0.200. The maximum atomic E-state index is 12.2. The number of nitrogens with one attached hydrogen (secondary N) is 1. The van der Waals surface area contributed by atoms with Gasteiger partial charge in [0, 0.05) is 24.5 Å². The molecule has 142 valence electrons. The highest BCUT2D eigenvalue weighted by molar-refractivity contribution is 7.92. The highest BCUT2D eigenvalue weighted by Crippen LogP contribution is 2.38. The summed E-state index contributed by atoms with van der Waals surface area (Å²) in [5, 5.41) is 5.91. The van der Waals surface area contributed by atoms with Crippen molar-refractivity contribution in [1.82, 2.24) is 5.01 Å². The fraction of sp³-hybridized carbons (Fsp3) is 0.263. The predicted molar refractivity (Wildman–Crippen MR) is 104 cm³/mol. The molecule has 2 aromatic rings. The van der Waals surface area contributed by atoms with Crippen molar-refractivity contribution in [1.29, 1.82) is 0 Å². The molecule has 1 atom stereocenters. The number of carbonyl (C=O) groups is 1. The average molecular weight is 387 g/mol. The van der Waals surface area contributed by atoms with Gasteiger partial charge in [0.1, 0.15) is 5.75 Å². The summed E-state index contributed by atoms with van der Waals surface area (Å²) in [6.07, 6.45) is 1.54. The summed E-state index contributed by atoms with van der Waals surface area (Å²) in [7, 11) is -1.86. The number of carbonyl (C=O) groups excluding carboxylic acids is 1. The molecule has 1 heterocycles. The number of anilines is 1. The van der Waals surface area contributed by atoms with E-state index in [0.29, 0.717) is 29.1 Å². The minimum Gasteiger partial charge on any atom is -0.496 e. The molecule has 0 aromatic heterocycles. The van der Waals surface area contributed by atoms with Gasteiger partial charge in [-0.1, -0.05) is 36.4 Å². The van der Waals surface area contributed by atoms with Crippen molar-refractivity contribution in [3.05, 3.63) is 59.7 Å². The summed E-state index contributed by atoms with van der Waals surface area (Å²) in [5.74, 6) is 0.474. The number of amides is 1. The van der Waals surface area contributed by atoms with Gasteiger partial charge in [0.05, 0.1) is 30.8 Å². The number of rotatable bonds is 5. The van der Waals surface area contributed by atoms with Crippen LogP contribution in [-0.4, -0.2) is 38.4 Å². The van der Waals surface area contributed by atoms with Gasteiger partial charge in [0.15, 0.2) is 0 Å².